The molecule has 2 heterocycles. The molecule has 2 aliphatic heterocycles. The maximum Gasteiger partial charge on any atom is 0.303 e. The van der Waals surface area contributed by atoms with Crippen molar-refractivity contribution in [3.05, 3.63) is 0 Å². The molecule has 2 rings (SSSR count). The van der Waals surface area contributed by atoms with Crippen LogP contribution in [0.5, 0.6) is 0 Å². The maximum atomic E-state index is 12.2. The largest absolute Gasteiger partial charge is 0.481 e. The van der Waals surface area contributed by atoms with Crippen molar-refractivity contribution in [2.24, 2.45) is 5.73 Å². The molecule has 0 aromatic carbocycles. The molecule has 126 valence electrons. The molecule has 0 bridgehead atoms. The van der Waals surface area contributed by atoms with Crippen LogP contribution in [-0.4, -0.2) is 90.1 Å². The normalized spacial score (nSPS) is 23.5. The number of nitrogens with zero attached hydrogens (tertiary/aromatic N) is 3. The average Bonchev–Trinajstić information content (AvgIpc) is 2.53. The Bertz CT molecular complexity index is 388. The van der Waals surface area contributed by atoms with Crippen LogP contribution in [-0.2, 0) is 9.59 Å². The van der Waals surface area contributed by atoms with Crippen molar-refractivity contribution >= 4 is 11.9 Å². The summed E-state index contributed by atoms with van der Waals surface area (Å²) in [6.45, 7) is 5.48. The Balaban J connectivity index is 1.74. The number of carboxylic acids is 1. The van der Waals surface area contributed by atoms with Gasteiger partial charge in [-0.1, -0.05) is 0 Å². The standard InChI is InChI=1S/C15H28N4O3/c1-17-6-4-12(5-7-17)18-8-10-19(11-9-18)15(22)13(16)2-3-14(20)21/h12-13H,2-11,16H2,1H3,(H,20,21)/t13-/m0/s1. The summed E-state index contributed by atoms with van der Waals surface area (Å²) in [5, 5.41) is 8.66. The maximum absolute atomic E-state index is 12.2. The van der Waals surface area contributed by atoms with Crippen molar-refractivity contribution < 1.29 is 14.7 Å². The van der Waals surface area contributed by atoms with Crippen LogP contribution in [0.3, 0.4) is 0 Å². The summed E-state index contributed by atoms with van der Waals surface area (Å²) in [7, 11) is 2.16. The van der Waals surface area contributed by atoms with Gasteiger partial charge in [-0.05, 0) is 39.4 Å². The van der Waals surface area contributed by atoms with Gasteiger partial charge < -0.3 is 20.6 Å². The zero-order valence-corrected chi connectivity index (χ0v) is 13.4. The second kappa shape index (κ2) is 7.89. The monoisotopic (exact) mass is 312 g/mol. The van der Waals surface area contributed by atoms with E-state index in [-0.39, 0.29) is 18.7 Å². The molecule has 22 heavy (non-hydrogen) atoms. The number of carbonyl (C=O) groups is 2. The lowest BCUT2D eigenvalue weighted by molar-refractivity contribution is -0.138. The van der Waals surface area contributed by atoms with Gasteiger partial charge >= 0.3 is 5.97 Å². The van der Waals surface area contributed by atoms with E-state index in [1.54, 1.807) is 4.90 Å². The van der Waals surface area contributed by atoms with Gasteiger partial charge in [-0.15, -0.1) is 0 Å². The van der Waals surface area contributed by atoms with Crippen LogP contribution in [0, 0.1) is 0 Å². The minimum absolute atomic E-state index is 0.0531. The van der Waals surface area contributed by atoms with E-state index in [1.165, 1.54) is 12.8 Å². The Hall–Kier alpha value is -1.18. The summed E-state index contributed by atoms with van der Waals surface area (Å²) < 4.78 is 0. The third-order valence-electron chi connectivity index (χ3n) is 4.82. The SMILES string of the molecule is CN1CCC(N2CCN(C(=O)[C@@H](N)CCC(=O)O)CC2)CC1. The predicted molar refractivity (Wildman–Crippen MR) is 83.5 cm³/mol. The lowest BCUT2D eigenvalue weighted by atomic mass is 10.0. The predicted octanol–water partition coefficient (Wildman–Crippen LogP) is -0.583. The van der Waals surface area contributed by atoms with Gasteiger partial charge in [0.25, 0.3) is 0 Å². The number of piperidine rings is 1. The summed E-state index contributed by atoms with van der Waals surface area (Å²) in [4.78, 5) is 29.4. The van der Waals surface area contributed by atoms with E-state index in [9.17, 15) is 9.59 Å². The van der Waals surface area contributed by atoms with E-state index in [0.29, 0.717) is 19.1 Å². The molecule has 1 amide bonds. The fraction of sp³-hybridized carbons (Fsp3) is 0.867. The number of carbonyl (C=O) groups excluding carboxylic acids is 1. The molecule has 0 aromatic rings. The van der Waals surface area contributed by atoms with Crippen molar-refractivity contribution in [1.82, 2.24) is 14.7 Å². The fourth-order valence-electron chi connectivity index (χ4n) is 3.30. The number of hydrogen-bond donors (Lipinski definition) is 2. The smallest absolute Gasteiger partial charge is 0.303 e. The lowest BCUT2D eigenvalue weighted by Crippen LogP contribution is -2.56. The molecule has 7 nitrogen and oxygen atoms in total. The topological polar surface area (TPSA) is 90.1 Å². The van der Waals surface area contributed by atoms with Crippen LogP contribution in [0.1, 0.15) is 25.7 Å². The number of hydrogen-bond acceptors (Lipinski definition) is 5. The number of likely N-dealkylation sites (tertiary alicyclic amines) is 1. The van der Waals surface area contributed by atoms with Gasteiger partial charge in [0, 0.05) is 38.6 Å². The minimum atomic E-state index is -0.907. The zero-order chi connectivity index (χ0) is 16.1. The van der Waals surface area contributed by atoms with Gasteiger partial charge in [0.05, 0.1) is 6.04 Å². The summed E-state index contributed by atoms with van der Waals surface area (Å²) in [6, 6.07) is -0.0554. The first-order chi connectivity index (χ1) is 10.5. The molecule has 3 N–H and O–H groups in total. The van der Waals surface area contributed by atoms with E-state index < -0.39 is 12.0 Å². The number of piperazine rings is 1. The second-order valence-electron chi connectivity index (χ2n) is 6.43. The molecule has 2 saturated heterocycles. The molecule has 2 aliphatic rings. The Morgan fingerprint density at radius 1 is 1.14 bits per heavy atom. The highest BCUT2D eigenvalue weighted by atomic mass is 16.4. The van der Waals surface area contributed by atoms with Gasteiger partial charge in [-0.3, -0.25) is 14.5 Å². The molecule has 0 aliphatic carbocycles. The summed E-state index contributed by atoms with van der Waals surface area (Å²) in [5.41, 5.74) is 5.82. The van der Waals surface area contributed by atoms with E-state index in [0.717, 1.165) is 26.2 Å². The fourth-order valence-corrected chi connectivity index (χ4v) is 3.30. The number of carboxylic acid groups (broad SMARTS) is 1. The van der Waals surface area contributed by atoms with Gasteiger partial charge in [0.2, 0.25) is 5.91 Å². The molecule has 0 radical (unpaired) electrons. The van der Waals surface area contributed by atoms with Crippen LogP contribution in [0.15, 0.2) is 0 Å². The number of rotatable bonds is 5. The molecular formula is C15H28N4O3. The Morgan fingerprint density at radius 2 is 1.73 bits per heavy atom. The highest BCUT2D eigenvalue weighted by Gasteiger charge is 2.29. The van der Waals surface area contributed by atoms with Crippen LogP contribution < -0.4 is 5.73 Å². The van der Waals surface area contributed by atoms with Gasteiger partial charge in [0.1, 0.15) is 0 Å². The summed E-state index contributed by atoms with van der Waals surface area (Å²) in [5.74, 6) is -1.01. The zero-order valence-electron chi connectivity index (χ0n) is 13.4. The third-order valence-corrected chi connectivity index (χ3v) is 4.82. The summed E-state index contributed by atoms with van der Waals surface area (Å²) in [6.07, 6.45) is 2.55. The van der Waals surface area contributed by atoms with Crippen LogP contribution in [0.25, 0.3) is 0 Å². The van der Waals surface area contributed by atoms with Gasteiger partial charge in [0.15, 0.2) is 0 Å². The van der Waals surface area contributed by atoms with Crippen molar-refractivity contribution in [2.75, 3.05) is 46.3 Å². The molecule has 0 aromatic heterocycles. The lowest BCUT2D eigenvalue weighted by Gasteiger charge is -2.42. The van der Waals surface area contributed by atoms with Crippen LogP contribution >= 0.6 is 0 Å². The van der Waals surface area contributed by atoms with Crippen LogP contribution in [0.2, 0.25) is 0 Å². The molecule has 0 saturated carbocycles. The summed E-state index contributed by atoms with van der Waals surface area (Å²) >= 11 is 0. The Morgan fingerprint density at radius 3 is 2.27 bits per heavy atom. The van der Waals surface area contributed by atoms with E-state index in [1.807, 2.05) is 0 Å². The third kappa shape index (κ3) is 4.66. The Labute approximate surface area is 132 Å². The average molecular weight is 312 g/mol. The van der Waals surface area contributed by atoms with Gasteiger partial charge in [-0.2, -0.15) is 0 Å². The van der Waals surface area contributed by atoms with Crippen molar-refractivity contribution in [3.8, 4) is 0 Å². The van der Waals surface area contributed by atoms with Crippen molar-refractivity contribution in [1.29, 1.82) is 0 Å². The number of aliphatic carboxylic acids is 1. The second-order valence-corrected chi connectivity index (χ2v) is 6.43. The van der Waals surface area contributed by atoms with E-state index in [2.05, 4.69) is 16.8 Å². The molecule has 0 spiro atoms. The molecule has 2 fully saturated rings. The molecule has 1 atom stereocenters. The van der Waals surface area contributed by atoms with E-state index >= 15 is 0 Å². The number of nitrogens with two attached hydrogens (primary N) is 1. The first kappa shape index (κ1) is 17.2. The highest BCUT2D eigenvalue weighted by Crippen LogP contribution is 2.17. The van der Waals surface area contributed by atoms with Gasteiger partial charge in [-0.25, -0.2) is 0 Å². The minimum Gasteiger partial charge on any atom is -0.481 e. The molecule has 0 unspecified atom stereocenters. The Kier molecular flexibility index (Phi) is 6.16. The van der Waals surface area contributed by atoms with Crippen molar-refractivity contribution in [3.63, 3.8) is 0 Å². The first-order valence-corrected chi connectivity index (χ1v) is 8.16. The van der Waals surface area contributed by atoms with Crippen molar-refractivity contribution in [2.45, 2.75) is 37.8 Å². The first-order valence-electron chi connectivity index (χ1n) is 8.16. The quantitative estimate of drug-likeness (QED) is 0.706. The highest BCUT2D eigenvalue weighted by molar-refractivity contribution is 5.82. The van der Waals surface area contributed by atoms with Crippen LogP contribution in [0.4, 0.5) is 0 Å². The number of amides is 1. The molecule has 7 heteroatoms. The van der Waals surface area contributed by atoms with E-state index in [4.69, 9.17) is 10.8 Å². The molecular weight excluding hydrogens is 284 g/mol.